The zero-order valence-corrected chi connectivity index (χ0v) is 15.0. The zero-order valence-electron chi connectivity index (χ0n) is 13.4. The highest BCUT2D eigenvalue weighted by atomic mass is 79.9. The van der Waals surface area contributed by atoms with Gasteiger partial charge in [-0.15, -0.1) is 0 Å². The molecule has 2 aliphatic rings. The number of likely N-dealkylation sites (tertiary alicyclic amines) is 1. The first-order chi connectivity index (χ1) is 11.3. The first kappa shape index (κ1) is 17.7. The van der Waals surface area contributed by atoms with Gasteiger partial charge in [-0.1, -0.05) is 17.3 Å². The van der Waals surface area contributed by atoms with E-state index in [-0.39, 0.29) is 12.1 Å². The Balaban J connectivity index is 1.69. The van der Waals surface area contributed by atoms with Crippen molar-refractivity contribution in [2.75, 3.05) is 13.1 Å². The number of alkyl halides is 3. The van der Waals surface area contributed by atoms with E-state index in [2.05, 4.69) is 26.0 Å². The third-order valence-corrected chi connectivity index (χ3v) is 5.38. The fourth-order valence-corrected chi connectivity index (χ4v) is 3.90. The Kier molecular flexibility index (Phi) is 5.20. The maximum absolute atomic E-state index is 12.9. The molecule has 0 N–H and O–H groups in total. The molecule has 2 heterocycles. The summed E-state index contributed by atoms with van der Waals surface area (Å²) in [7, 11) is 0. The number of oxime groups is 1. The smallest absolute Gasteiger partial charge is 0.391 e. The van der Waals surface area contributed by atoms with Crippen molar-refractivity contribution in [2.45, 2.75) is 44.5 Å². The molecule has 0 amide bonds. The third-order valence-electron chi connectivity index (χ3n) is 4.92. The second-order valence-electron chi connectivity index (χ2n) is 6.51. The molecular weight excluding hydrogens is 385 g/mol. The van der Waals surface area contributed by atoms with Crippen molar-refractivity contribution in [2.24, 2.45) is 11.1 Å². The van der Waals surface area contributed by atoms with Crippen LogP contribution < -0.4 is 0 Å². The van der Waals surface area contributed by atoms with Gasteiger partial charge in [0.2, 0.25) is 0 Å². The molecule has 3 atom stereocenters. The number of rotatable bonds is 3. The van der Waals surface area contributed by atoms with Crippen LogP contribution in [0.25, 0.3) is 0 Å². The van der Waals surface area contributed by atoms with Crippen LogP contribution >= 0.6 is 15.9 Å². The summed E-state index contributed by atoms with van der Waals surface area (Å²) in [5.41, 5.74) is 0.118. The third kappa shape index (κ3) is 3.94. The van der Waals surface area contributed by atoms with E-state index in [0.29, 0.717) is 11.5 Å². The average Bonchev–Trinajstić information content (AvgIpc) is 3.00. The Morgan fingerprint density at radius 2 is 2.17 bits per heavy atom. The van der Waals surface area contributed by atoms with Gasteiger partial charge in [0.25, 0.3) is 0 Å². The summed E-state index contributed by atoms with van der Waals surface area (Å²) in [5, 5.41) is 3.95. The minimum absolute atomic E-state index is 0.0548. The lowest BCUT2D eigenvalue weighted by Crippen LogP contribution is -2.41. The summed E-state index contributed by atoms with van der Waals surface area (Å²) in [6.07, 6.45) is -1.38. The molecule has 0 aliphatic carbocycles. The van der Waals surface area contributed by atoms with E-state index in [9.17, 15) is 13.2 Å². The van der Waals surface area contributed by atoms with E-state index in [1.54, 1.807) is 6.07 Å². The lowest BCUT2D eigenvalue weighted by atomic mass is 9.89. The summed E-state index contributed by atoms with van der Waals surface area (Å²) < 4.78 is 39.6. The van der Waals surface area contributed by atoms with Crippen LogP contribution in [-0.2, 0) is 11.0 Å². The molecule has 0 unspecified atom stereocenters. The van der Waals surface area contributed by atoms with Gasteiger partial charge in [0.15, 0.2) is 0 Å². The number of benzene rings is 1. The van der Waals surface area contributed by atoms with Gasteiger partial charge in [-0.2, -0.15) is 13.2 Å². The van der Waals surface area contributed by atoms with E-state index < -0.39 is 11.7 Å². The molecule has 0 saturated carbocycles. The predicted octanol–water partition coefficient (Wildman–Crippen LogP) is 4.98. The van der Waals surface area contributed by atoms with Gasteiger partial charge in [-0.05, 0) is 59.9 Å². The average molecular weight is 405 g/mol. The van der Waals surface area contributed by atoms with Crippen molar-refractivity contribution in [1.29, 1.82) is 0 Å². The molecule has 2 aliphatic heterocycles. The summed E-state index contributed by atoms with van der Waals surface area (Å²) in [5.74, 6) is 0.353. The molecule has 1 aromatic carbocycles. The molecule has 0 radical (unpaired) electrons. The van der Waals surface area contributed by atoms with Crippen LogP contribution in [0.5, 0.6) is 0 Å². The van der Waals surface area contributed by atoms with Gasteiger partial charge < -0.3 is 4.84 Å². The predicted molar refractivity (Wildman–Crippen MR) is 90.0 cm³/mol. The SMILES string of the molecule is C[C@H](c1cccc(C(F)(F)F)c1)N1CCC[C@@H]([C@@H]2CC(Br)=NO2)C1. The lowest BCUT2D eigenvalue weighted by molar-refractivity contribution is -0.137. The van der Waals surface area contributed by atoms with Gasteiger partial charge in [0, 0.05) is 24.9 Å². The summed E-state index contributed by atoms with van der Waals surface area (Å²) in [4.78, 5) is 7.72. The fraction of sp³-hybridized carbons (Fsp3) is 0.588. The first-order valence-corrected chi connectivity index (χ1v) is 8.93. The molecule has 1 saturated heterocycles. The van der Waals surface area contributed by atoms with Crippen molar-refractivity contribution in [3.8, 4) is 0 Å². The second kappa shape index (κ2) is 7.04. The van der Waals surface area contributed by atoms with E-state index in [1.165, 1.54) is 12.1 Å². The van der Waals surface area contributed by atoms with Gasteiger partial charge in [0.1, 0.15) is 10.7 Å². The van der Waals surface area contributed by atoms with Crippen LogP contribution in [0.2, 0.25) is 0 Å². The van der Waals surface area contributed by atoms with Crippen LogP contribution in [0.3, 0.4) is 0 Å². The quantitative estimate of drug-likeness (QED) is 0.709. The Bertz CT molecular complexity index is 620. The molecule has 0 spiro atoms. The molecule has 7 heteroatoms. The van der Waals surface area contributed by atoms with Crippen molar-refractivity contribution in [1.82, 2.24) is 4.90 Å². The second-order valence-corrected chi connectivity index (χ2v) is 7.43. The number of hydrogen-bond acceptors (Lipinski definition) is 3. The largest absolute Gasteiger partial charge is 0.416 e. The van der Waals surface area contributed by atoms with Crippen LogP contribution in [0.15, 0.2) is 29.4 Å². The minimum Gasteiger partial charge on any atom is -0.391 e. The Morgan fingerprint density at radius 1 is 1.38 bits per heavy atom. The van der Waals surface area contributed by atoms with Gasteiger partial charge >= 0.3 is 6.18 Å². The maximum Gasteiger partial charge on any atom is 0.416 e. The van der Waals surface area contributed by atoms with E-state index in [0.717, 1.165) is 43.0 Å². The minimum atomic E-state index is -4.30. The van der Waals surface area contributed by atoms with Crippen molar-refractivity contribution >= 4 is 20.6 Å². The van der Waals surface area contributed by atoms with Crippen molar-refractivity contribution in [3.05, 3.63) is 35.4 Å². The standard InChI is InChI=1S/C17H20BrF3N2O/c1-11(12-4-2-6-14(8-12)17(19,20)21)23-7-3-5-13(10-23)15-9-16(18)22-24-15/h2,4,6,8,11,13,15H,3,5,7,9-10H2,1H3/t11-,13-,15+/m1/s1. The van der Waals surface area contributed by atoms with Crippen LogP contribution in [-0.4, -0.2) is 28.7 Å². The van der Waals surface area contributed by atoms with Crippen molar-refractivity contribution in [3.63, 3.8) is 0 Å². The topological polar surface area (TPSA) is 24.8 Å². The summed E-state index contributed by atoms with van der Waals surface area (Å²) in [6, 6.07) is 5.59. The molecule has 24 heavy (non-hydrogen) atoms. The highest BCUT2D eigenvalue weighted by Gasteiger charge is 2.35. The number of hydrogen-bond donors (Lipinski definition) is 0. The monoisotopic (exact) mass is 404 g/mol. The molecule has 1 aromatic rings. The van der Waals surface area contributed by atoms with E-state index >= 15 is 0 Å². The molecule has 0 aromatic heterocycles. The van der Waals surface area contributed by atoms with Crippen LogP contribution in [0, 0.1) is 5.92 Å². The molecule has 0 bridgehead atoms. The molecule has 132 valence electrons. The molecule has 3 rings (SSSR count). The highest BCUT2D eigenvalue weighted by Crippen LogP contribution is 2.35. The lowest BCUT2D eigenvalue weighted by Gasteiger charge is -2.38. The Labute approximate surface area is 148 Å². The zero-order chi connectivity index (χ0) is 17.3. The highest BCUT2D eigenvalue weighted by molar-refractivity contribution is 9.18. The molecule has 3 nitrogen and oxygen atoms in total. The first-order valence-electron chi connectivity index (χ1n) is 8.14. The number of nitrogens with zero attached hydrogens (tertiary/aromatic N) is 2. The van der Waals surface area contributed by atoms with E-state index in [1.807, 2.05) is 6.92 Å². The van der Waals surface area contributed by atoms with Gasteiger partial charge in [-0.3, -0.25) is 4.90 Å². The normalized spacial score (nSPS) is 26.8. The summed E-state index contributed by atoms with van der Waals surface area (Å²) in [6.45, 7) is 3.68. The van der Waals surface area contributed by atoms with Crippen LogP contribution in [0.4, 0.5) is 13.2 Å². The number of halogens is 4. The Hall–Kier alpha value is -1.08. The Morgan fingerprint density at radius 3 is 2.83 bits per heavy atom. The number of piperidine rings is 1. The van der Waals surface area contributed by atoms with Crippen molar-refractivity contribution < 1.29 is 18.0 Å². The van der Waals surface area contributed by atoms with E-state index in [4.69, 9.17) is 4.84 Å². The van der Waals surface area contributed by atoms with Gasteiger partial charge in [0.05, 0.1) is 5.56 Å². The fourth-order valence-electron chi connectivity index (χ4n) is 3.50. The van der Waals surface area contributed by atoms with Gasteiger partial charge in [-0.25, -0.2) is 0 Å². The molecule has 1 fully saturated rings. The maximum atomic E-state index is 12.9. The van der Waals surface area contributed by atoms with Crippen LogP contribution in [0.1, 0.15) is 43.4 Å². The summed E-state index contributed by atoms with van der Waals surface area (Å²) >= 11 is 3.36. The molecular formula is C17H20BrF3N2O.